The second-order valence-corrected chi connectivity index (χ2v) is 5.29. The van der Waals surface area contributed by atoms with Crippen molar-refractivity contribution >= 4 is 17.1 Å². The van der Waals surface area contributed by atoms with Crippen LogP contribution < -0.4 is 0 Å². The summed E-state index contributed by atoms with van der Waals surface area (Å²) in [6, 6.07) is 10.5. The minimum atomic E-state index is 0.149. The highest BCUT2D eigenvalue weighted by atomic mass is 32.1. The van der Waals surface area contributed by atoms with E-state index >= 15 is 0 Å². The van der Waals surface area contributed by atoms with Gasteiger partial charge >= 0.3 is 0 Å². The van der Waals surface area contributed by atoms with Crippen LogP contribution in [0.1, 0.15) is 34.6 Å². The lowest BCUT2D eigenvalue weighted by Gasteiger charge is -2.02. The third kappa shape index (κ3) is 2.47. The maximum atomic E-state index is 11.4. The van der Waals surface area contributed by atoms with Crippen molar-refractivity contribution in [3.63, 3.8) is 0 Å². The molecule has 0 aliphatic carbocycles. The van der Waals surface area contributed by atoms with Gasteiger partial charge in [0.1, 0.15) is 0 Å². The Morgan fingerprint density at radius 3 is 2.65 bits per heavy atom. The second-order valence-electron chi connectivity index (χ2n) is 4.23. The molecule has 1 aromatic heterocycles. The Bertz CT molecular complexity index is 552. The first kappa shape index (κ1) is 12.1. The summed E-state index contributed by atoms with van der Waals surface area (Å²) in [4.78, 5) is 13.4. The van der Waals surface area contributed by atoms with Gasteiger partial charge in [0.2, 0.25) is 0 Å². The molecule has 17 heavy (non-hydrogen) atoms. The van der Waals surface area contributed by atoms with Gasteiger partial charge in [-0.2, -0.15) is 0 Å². The highest BCUT2D eigenvalue weighted by Crippen LogP contribution is 2.33. The molecule has 0 aliphatic heterocycles. The van der Waals surface area contributed by atoms with Gasteiger partial charge in [-0.15, -0.1) is 11.3 Å². The van der Waals surface area contributed by atoms with Gasteiger partial charge in [0.05, 0.1) is 4.88 Å². The number of hydrogen-bond donors (Lipinski definition) is 0. The van der Waals surface area contributed by atoms with E-state index in [1.807, 2.05) is 6.07 Å². The first-order chi connectivity index (χ1) is 8.11. The van der Waals surface area contributed by atoms with Gasteiger partial charge in [-0.3, -0.25) is 4.79 Å². The molecule has 0 amide bonds. The summed E-state index contributed by atoms with van der Waals surface area (Å²) >= 11 is 1.59. The number of Topliss-reactive ketones (excluding diaryl/α,β-unsaturated/α-hetero) is 1. The zero-order chi connectivity index (χ0) is 12.4. The normalized spacial score (nSPS) is 10.5. The van der Waals surface area contributed by atoms with Gasteiger partial charge in [-0.05, 0) is 43.0 Å². The number of thiophene rings is 1. The molecule has 0 N–H and O–H groups in total. The largest absolute Gasteiger partial charge is 0.294 e. The van der Waals surface area contributed by atoms with Crippen LogP contribution in [0.2, 0.25) is 0 Å². The standard InChI is InChI=1S/C15H16OS/c1-4-12-6-5-7-13(9-12)15-10(2)8-14(17-15)11(3)16/h5-9H,4H2,1-3H3. The topological polar surface area (TPSA) is 17.1 Å². The number of carbonyl (C=O) groups excluding carboxylic acids is 1. The third-order valence-electron chi connectivity index (χ3n) is 2.86. The molecule has 0 bridgehead atoms. The number of ketones is 1. The van der Waals surface area contributed by atoms with Crippen molar-refractivity contribution in [2.75, 3.05) is 0 Å². The van der Waals surface area contributed by atoms with E-state index in [2.05, 4.69) is 38.1 Å². The summed E-state index contributed by atoms with van der Waals surface area (Å²) < 4.78 is 0. The Morgan fingerprint density at radius 2 is 2.06 bits per heavy atom. The number of aryl methyl sites for hydroxylation is 2. The highest BCUT2D eigenvalue weighted by molar-refractivity contribution is 7.17. The van der Waals surface area contributed by atoms with Crippen LogP contribution in [0.15, 0.2) is 30.3 Å². The molecule has 2 rings (SSSR count). The predicted molar refractivity (Wildman–Crippen MR) is 73.9 cm³/mol. The average molecular weight is 244 g/mol. The first-order valence-electron chi connectivity index (χ1n) is 5.82. The van der Waals surface area contributed by atoms with Crippen LogP contribution in [-0.2, 0) is 6.42 Å². The maximum Gasteiger partial charge on any atom is 0.169 e. The quantitative estimate of drug-likeness (QED) is 0.727. The molecule has 0 saturated heterocycles. The van der Waals surface area contributed by atoms with Crippen LogP contribution in [-0.4, -0.2) is 5.78 Å². The maximum absolute atomic E-state index is 11.4. The van der Waals surface area contributed by atoms with E-state index < -0.39 is 0 Å². The van der Waals surface area contributed by atoms with Crippen molar-refractivity contribution in [3.05, 3.63) is 46.3 Å². The molecule has 0 fully saturated rings. The fourth-order valence-corrected chi connectivity index (χ4v) is 2.94. The lowest BCUT2D eigenvalue weighted by molar-refractivity contribution is 0.102. The van der Waals surface area contributed by atoms with Gasteiger partial charge in [-0.1, -0.05) is 31.2 Å². The zero-order valence-corrected chi connectivity index (χ0v) is 11.2. The molecule has 0 spiro atoms. The molecular weight excluding hydrogens is 228 g/mol. The monoisotopic (exact) mass is 244 g/mol. The summed E-state index contributed by atoms with van der Waals surface area (Å²) in [7, 11) is 0. The first-order valence-corrected chi connectivity index (χ1v) is 6.64. The van der Waals surface area contributed by atoms with E-state index in [-0.39, 0.29) is 5.78 Å². The number of carbonyl (C=O) groups is 1. The molecule has 0 saturated carbocycles. The van der Waals surface area contributed by atoms with E-state index in [4.69, 9.17) is 0 Å². The van der Waals surface area contributed by atoms with Crippen molar-refractivity contribution in [2.24, 2.45) is 0 Å². The van der Waals surface area contributed by atoms with Crippen molar-refractivity contribution in [3.8, 4) is 10.4 Å². The van der Waals surface area contributed by atoms with Crippen molar-refractivity contribution < 1.29 is 4.79 Å². The van der Waals surface area contributed by atoms with Crippen molar-refractivity contribution in [1.29, 1.82) is 0 Å². The van der Waals surface area contributed by atoms with E-state index in [1.54, 1.807) is 18.3 Å². The van der Waals surface area contributed by atoms with Crippen LogP contribution in [0.4, 0.5) is 0 Å². The van der Waals surface area contributed by atoms with Crippen LogP contribution in [0.25, 0.3) is 10.4 Å². The zero-order valence-electron chi connectivity index (χ0n) is 10.4. The Balaban J connectivity index is 2.48. The van der Waals surface area contributed by atoms with Crippen LogP contribution in [0, 0.1) is 6.92 Å². The Morgan fingerprint density at radius 1 is 1.29 bits per heavy atom. The minimum absolute atomic E-state index is 0.149. The van der Waals surface area contributed by atoms with Crippen LogP contribution >= 0.6 is 11.3 Å². The van der Waals surface area contributed by atoms with E-state index in [0.29, 0.717) is 0 Å². The molecule has 0 unspecified atom stereocenters. The molecule has 0 atom stereocenters. The number of benzene rings is 1. The molecular formula is C15H16OS. The Hall–Kier alpha value is -1.41. The lowest BCUT2D eigenvalue weighted by atomic mass is 10.1. The molecule has 1 aromatic carbocycles. The van der Waals surface area contributed by atoms with Crippen molar-refractivity contribution in [1.82, 2.24) is 0 Å². The Kier molecular flexibility index (Phi) is 3.43. The van der Waals surface area contributed by atoms with Gasteiger partial charge in [0.25, 0.3) is 0 Å². The second kappa shape index (κ2) is 4.84. The van der Waals surface area contributed by atoms with Gasteiger partial charge in [0.15, 0.2) is 5.78 Å². The van der Waals surface area contributed by atoms with E-state index in [9.17, 15) is 4.79 Å². The van der Waals surface area contributed by atoms with Crippen LogP contribution in [0.3, 0.4) is 0 Å². The molecule has 1 nitrogen and oxygen atoms in total. The highest BCUT2D eigenvalue weighted by Gasteiger charge is 2.10. The van der Waals surface area contributed by atoms with Gasteiger partial charge < -0.3 is 0 Å². The minimum Gasteiger partial charge on any atom is -0.294 e. The fourth-order valence-electron chi connectivity index (χ4n) is 1.87. The smallest absolute Gasteiger partial charge is 0.169 e. The third-order valence-corrected chi connectivity index (χ3v) is 4.25. The summed E-state index contributed by atoms with van der Waals surface area (Å²) in [6.07, 6.45) is 1.04. The predicted octanol–water partition coefficient (Wildman–Crippen LogP) is 4.49. The molecule has 2 aromatic rings. The van der Waals surface area contributed by atoms with E-state index in [1.165, 1.54) is 21.6 Å². The fraction of sp³-hybridized carbons (Fsp3) is 0.267. The number of rotatable bonds is 3. The molecule has 0 radical (unpaired) electrons. The molecule has 1 heterocycles. The molecule has 88 valence electrons. The van der Waals surface area contributed by atoms with E-state index in [0.717, 1.165) is 11.3 Å². The summed E-state index contributed by atoms with van der Waals surface area (Å²) in [5.41, 5.74) is 3.74. The summed E-state index contributed by atoms with van der Waals surface area (Å²) in [6.45, 7) is 5.84. The molecule has 2 heteroatoms. The molecule has 0 aliphatic rings. The summed E-state index contributed by atoms with van der Waals surface area (Å²) in [5.74, 6) is 0.149. The SMILES string of the molecule is CCc1cccc(-c2sc(C(C)=O)cc2C)c1. The lowest BCUT2D eigenvalue weighted by Crippen LogP contribution is -1.83. The van der Waals surface area contributed by atoms with Gasteiger partial charge in [0, 0.05) is 4.88 Å². The van der Waals surface area contributed by atoms with Crippen LogP contribution in [0.5, 0.6) is 0 Å². The Labute approximate surface area is 106 Å². The summed E-state index contributed by atoms with van der Waals surface area (Å²) in [5, 5.41) is 0. The van der Waals surface area contributed by atoms with Crippen molar-refractivity contribution in [2.45, 2.75) is 27.2 Å². The average Bonchev–Trinajstić information content (AvgIpc) is 2.72. The van der Waals surface area contributed by atoms with Gasteiger partial charge in [-0.25, -0.2) is 0 Å². The number of hydrogen-bond acceptors (Lipinski definition) is 2.